The SMILES string of the molecule is CCC(Oc1ccc(C)cc1C)C(=O)Nc1ccccc1C(N)=O. The average molecular weight is 326 g/mol. The summed E-state index contributed by atoms with van der Waals surface area (Å²) in [6.07, 6.45) is -0.162. The molecule has 2 amide bonds. The molecule has 0 spiro atoms. The van der Waals surface area contributed by atoms with Crippen LogP contribution in [0.25, 0.3) is 0 Å². The number of carbonyl (C=O) groups is 2. The highest BCUT2D eigenvalue weighted by Gasteiger charge is 2.21. The molecule has 0 aliphatic carbocycles. The number of rotatable bonds is 6. The summed E-state index contributed by atoms with van der Waals surface area (Å²) >= 11 is 0. The summed E-state index contributed by atoms with van der Waals surface area (Å²) in [5.74, 6) is -0.230. The van der Waals surface area contributed by atoms with Gasteiger partial charge in [-0.15, -0.1) is 0 Å². The van der Waals surface area contributed by atoms with Crippen molar-refractivity contribution in [2.24, 2.45) is 5.73 Å². The lowest BCUT2D eigenvalue weighted by molar-refractivity contribution is -0.122. The van der Waals surface area contributed by atoms with E-state index < -0.39 is 12.0 Å². The summed E-state index contributed by atoms with van der Waals surface area (Å²) in [6, 6.07) is 12.4. The molecule has 1 atom stereocenters. The molecule has 0 saturated carbocycles. The van der Waals surface area contributed by atoms with Crippen molar-refractivity contribution in [2.45, 2.75) is 33.3 Å². The Hall–Kier alpha value is -2.82. The molecule has 24 heavy (non-hydrogen) atoms. The number of amides is 2. The molecule has 2 rings (SSSR count). The number of aryl methyl sites for hydroxylation is 2. The van der Waals surface area contributed by atoms with Crippen molar-refractivity contribution in [3.05, 3.63) is 59.2 Å². The van der Waals surface area contributed by atoms with Crippen LogP contribution in [-0.4, -0.2) is 17.9 Å². The van der Waals surface area contributed by atoms with Crippen molar-refractivity contribution < 1.29 is 14.3 Å². The molecule has 2 aromatic carbocycles. The van der Waals surface area contributed by atoms with Crippen LogP contribution in [0.5, 0.6) is 5.75 Å². The quantitative estimate of drug-likeness (QED) is 0.855. The molecule has 5 nitrogen and oxygen atoms in total. The maximum atomic E-state index is 12.5. The van der Waals surface area contributed by atoms with Gasteiger partial charge in [-0.2, -0.15) is 0 Å². The topological polar surface area (TPSA) is 81.4 Å². The van der Waals surface area contributed by atoms with Gasteiger partial charge in [0.05, 0.1) is 11.3 Å². The van der Waals surface area contributed by atoms with E-state index in [0.717, 1.165) is 11.1 Å². The summed E-state index contributed by atoms with van der Waals surface area (Å²) < 4.78 is 5.86. The van der Waals surface area contributed by atoms with E-state index in [4.69, 9.17) is 10.5 Å². The highest BCUT2D eigenvalue weighted by atomic mass is 16.5. The Morgan fingerprint density at radius 2 is 1.88 bits per heavy atom. The number of ether oxygens (including phenoxy) is 1. The second kappa shape index (κ2) is 7.64. The monoisotopic (exact) mass is 326 g/mol. The minimum Gasteiger partial charge on any atom is -0.480 e. The fraction of sp³-hybridized carbons (Fsp3) is 0.263. The number of carbonyl (C=O) groups excluding carboxylic acids is 2. The first-order chi connectivity index (χ1) is 11.4. The van der Waals surface area contributed by atoms with Crippen LogP contribution < -0.4 is 15.8 Å². The molecular formula is C19H22N2O3. The minimum absolute atomic E-state index is 0.271. The summed E-state index contributed by atoms with van der Waals surface area (Å²) in [6.45, 7) is 5.81. The normalized spacial score (nSPS) is 11.6. The van der Waals surface area contributed by atoms with E-state index in [1.807, 2.05) is 39.0 Å². The van der Waals surface area contributed by atoms with E-state index in [1.165, 1.54) is 0 Å². The molecular weight excluding hydrogens is 304 g/mol. The Kier molecular flexibility index (Phi) is 5.58. The smallest absolute Gasteiger partial charge is 0.265 e. The largest absolute Gasteiger partial charge is 0.480 e. The zero-order chi connectivity index (χ0) is 17.7. The van der Waals surface area contributed by atoms with Gasteiger partial charge in [-0.1, -0.05) is 36.8 Å². The fourth-order valence-corrected chi connectivity index (χ4v) is 2.43. The maximum Gasteiger partial charge on any atom is 0.265 e. The van der Waals surface area contributed by atoms with Crippen LogP contribution in [-0.2, 0) is 4.79 Å². The number of hydrogen-bond donors (Lipinski definition) is 2. The first-order valence-electron chi connectivity index (χ1n) is 7.86. The highest BCUT2D eigenvalue weighted by Crippen LogP contribution is 2.22. The van der Waals surface area contributed by atoms with Crippen LogP contribution in [0, 0.1) is 13.8 Å². The molecule has 3 N–H and O–H groups in total. The van der Waals surface area contributed by atoms with Gasteiger partial charge in [-0.05, 0) is 44.0 Å². The first kappa shape index (κ1) is 17.5. The van der Waals surface area contributed by atoms with Gasteiger partial charge in [0, 0.05) is 0 Å². The molecule has 0 aliphatic rings. The van der Waals surface area contributed by atoms with E-state index in [-0.39, 0.29) is 11.5 Å². The Balaban J connectivity index is 2.16. The van der Waals surface area contributed by atoms with Gasteiger partial charge in [0.2, 0.25) is 0 Å². The Labute approximate surface area is 141 Å². The van der Waals surface area contributed by atoms with Gasteiger partial charge < -0.3 is 15.8 Å². The molecule has 0 radical (unpaired) electrons. The molecule has 1 unspecified atom stereocenters. The molecule has 0 fully saturated rings. The Morgan fingerprint density at radius 1 is 1.17 bits per heavy atom. The van der Waals surface area contributed by atoms with E-state index in [2.05, 4.69) is 5.32 Å². The number of nitrogens with one attached hydrogen (secondary N) is 1. The first-order valence-corrected chi connectivity index (χ1v) is 7.86. The summed E-state index contributed by atoms with van der Waals surface area (Å²) in [4.78, 5) is 24.0. The standard InChI is InChI=1S/C19H22N2O3/c1-4-16(24-17-10-9-12(2)11-13(17)3)19(23)21-15-8-6-5-7-14(15)18(20)22/h5-11,16H,4H2,1-3H3,(H2,20,22)(H,21,23). The van der Waals surface area contributed by atoms with E-state index >= 15 is 0 Å². The van der Waals surface area contributed by atoms with Crippen molar-refractivity contribution in [3.63, 3.8) is 0 Å². The number of hydrogen-bond acceptors (Lipinski definition) is 3. The van der Waals surface area contributed by atoms with Crippen LogP contribution in [0.3, 0.4) is 0 Å². The van der Waals surface area contributed by atoms with Crippen LogP contribution >= 0.6 is 0 Å². The fourth-order valence-electron chi connectivity index (χ4n) is 2.43. The molecule has 0 aliphatic heterocycles. The van der Waals surface area contributed by atoms with Gasteiger partial charge in [0.1, 0.15) is 5.75 Å². The average Bonchev–Trinajstić information content (AvgIpc) is 2.54. The molecule has 2 aromatic rings. The van der Waals surface area contributed by atoms with Gasteiger partial charge in [0.25, 0.3) is 11.8 Å². The van der Waals surface area contributed by atoms with E-state index in [0.29, 0.717) is 17.9 Å². The summed E-state index contributed by atoms with van der Waals surface area (Å²) in [7, 11) is 0. The molecule has 0 aromatic heterocycles. The third-order valence-electron chi connectivity index (χ3n) is 3.71. The Morgan fingerprint density at radius 3 is 2.50 bits per heavy atom. The zero-order valence-electron chi connectivity index (χ0n) is 14.1. The zero-order valence-corrected chi connectivity index (χ0v) is 14.1. The van der Waals surface area contributed by atoms with Crippen molar-refractivity contribution >= 4 is 17.5 Å². The van der Waals surface area contributed by atoms with Crippen LogP contribution in [0.2, 0.25) is 0 Å². The molecule has 126 valence electrons. The lowest BCUT2D eigenvalue weighted by Gasteiger charge is -2.19. The van der Waals surface area contributed by atoms with E-state index in [1.54, 1.807) is 24.3 Å². The third-order valence-corrected chi connectivity index (χ3v) is 3.71. The molecule has 5 heteroatoms. The second-order valence-electron chi connectivity index (χ2n) is 5.68. The number of para-hydroxylation sites is 1. The van der Waals surface area contributed by atoms with Gasteiger partial charge >= 0.3 is 0 Å². The number of nitrogens with two attached hydrogens (primary N) is 1. The van der Waals surface area contributed by atoms with Gasteiger partial charge in [-0.3, -0.25) is 9.59 Å². The molecule has 0 bridgehead atoms. The van der Waals surface area contributed by atoms with Gasteiger partial charge in [0.15, 0.2) is 6.10 Å². The van der Waals surface area contributed by atoms with Crippen molar-refractivity contribution in [1.82, 2.24) is 0 Å². The lowest BCUT2D eigenvalue weighted by Crippen LogP contribution is -2.33. The predicted molar refractivity (Wildman–Crippen MR) is 94.2 cm³/mol. The maximum absolute atomic E-state index is 12.5. The van der Waals surface area contributed by atoms with Crippen LogP contribution in [0.4, 0.5) is 5.69 Å². The van der Waals surface area contributed by atoms with Crippen LogP contribution in [0.15, 0.2) is 42.5 Å². The van der Waals surface area contributed by atoms with E-state index in [9.17, 15) is 9.59 Å². The third kappa shape index (κ3) is 4.13. The Bertz CT molecular complexity index is 756. The molecule has 0 heterocycles. The number of benzene rings is 2. The summed E-state index contributed by atoms with van der Waals surface area (Å²) in [5.41, 5.74) is 8.10. The minimum atomic E-state index is -0.660. The lowest BCUT2D eigenvalue weighted by atomic mass is 10.1. The van der Waals surface area contributed by atoms with Crippen molar-refractivity contribution in [3.8, 4) is 5.75 Å². The summed E-state index contributed by atoms with van der Waals surface area (Å²) in [5, 5.41) is 2.73. The van der Waals surface area contributed by atoms with Crippen molar-refractivity contribution in [2.75, 3.05) is 5.32 Å². The van der Waals surface area contributed by atoms with Crippen molar-refractivity contribution in [1.29, 1.82) is 0 Å². The molecule has 0 saturated heterocycles. The predicted octanol–water partition coefficient (Wildman–Crippen LogP) is 3.20. The van der Waals surface area contributed by atoms with Crippen LogP contribution in [0.1, 0.15) is 34.8 Å². The number of primary amides is 1. The van der Waals surface area contributed by atoms with Gasteiger partial charge in [-0.25, -0.2) is 0 Å². The number of anilines is 1. The highest BCUT2D eigenvalue weighted by molar-refractivity contribution is 6.04. The second-order valence-corrected chi connectivity index (χ2v) is 5.68.